The molecule has 1 unspecified atom stereocenters. The number of carbonyl (C=O) groups is 2. The van der Waals surface area contributed by atoms with Gasteiger partial charge < -0.3 is 4.74 Å². The molecule has 0 amide bonds. The molecular weight excluding hydrogens is 396 g/mol. The van der Waals surface area contributed by atoms with Gasteiger partial charge >= 0.3 is 5.97 Å². The lowest BCUT2D eigenvalue weighted by molar-refractivity contribution is -0.152. The van der Waals surface area contributed by atoms with E-state index in [0.717, 1.165) is 33.4 Å². The predicted molar refractivity (Wildman–Crippen MR) is 126 cm³/mol. The first-order valence-electron chi connectivity index (χ1n) is 11.0. The van der Waals surface area contributed by atoms with Crippen molar-refractivity contribution in [1.82, 2.24) is 0 Å². The van der Waals surface area contributed by atoms with Gasteiger partial charge in [-0.15, -0.1) is 0 Å². The maximum atomic E-state index is 13.8. The summed E-state index contributed by atoms with van der Waals surface area (Å²) >= 11 is 0. The zero-order valence-corrected chi connectivity index (χ0v) is 18.0. The second-order valence-corrected chi connectivity index (χ2v) is 8.26. The fourth-order valence-corrected chi connectivity index (χ4v) is 4.95. The van der Waals surface area contributed by atoms with Gasteiger partial charge in [0.05, 0.1) is 6.61 Å². The molecule has 0 saturated carbocycles. The summed E-state index contributed by atoms with van der Waals surface area (Å²) < 4.78 is 5.48. The number of ether oxygens (including phenoxy) is 1. The lowest BCUT2D eigenvalue weighted by atomic mass is 9.68. The van der Waals surface area contributed by atoms with Crippen LogP contribution in [0.1, 0.15) is 46.8 Å². The number of benzene rings is 3. The molecule has 2 aliphatic carbocycles. The number of ketones is 1. The largest absolute Gasteiger partial charge is 0.465 e. The summed E-state index contributed by atoms with van der Waals surface area (Å²) in [5.74, 6) is -0.622. The Balaban J connectivity index is 1.71. The summed E-state index contributed by atoms with van der Waals surface area (Å²) in [6.45, 7) is 2.02. The van der Waals surface area contributed by atoms with Crippen LogP contribution in [0, 0.1) is 5.41 Å². The standard InChI is InChI=1S/C29H24O3/c1-2-32-28(31)29(27(30)21-13-7-4-8-14-21)18-17-23-22-15-9-10-16-24(22)26(25(23)19-29)20-11-5-3-6-12-20/h3-17H,2,18-19H2,1H3. The van der Waals surface area contributed by atoms with E-state index in [1.165, 1.54) is 0 Å². The van der Waals surface area contributed by atoms with Crippen LogP contribution in [-0.2, 0) is 9.53 Å². The van der Waals surface area contributed by atoms with Crippen molar-refractivity contribution in [2.75, 3.05) is 6.61 Å². The van der Waals surface area contributed by atoms with Crippen molar-refractivity contribution < 1.29 is 14.3 Å². The van der Waals surface area contributed by atoms with Crippen LogP contribution >= 0.6 is 0 Å². The highest BCUT2D eigenvalue weighted by Gasteiger charge is 2.51. The number of hydrogen-bond acceptors (Lipinski definition) is 3. The Morgan fingerprint density at radius 3 is 2.16 bits per heavy atom. The first-order chi connectivity index (χ1) is 15.7. The second kappa shape index (κ2) is 8.08. The van der Waals surface area contributed by atoms with Gasteiger partial charge in [-0.2, -0.15) is 0 Å². The summed E-state index contributed by atoms with van der Waals surface area (Å²) in [7, 11) is 0. The first-order valence-corrected chi connectivity index (χ1v) is 11.0. The fourth-order valence-electron chi connectivity index (χ4n) is 4.95. The van der Waals surface area contributed by atoms with Gasteiger partial charge in [0, 0.05) is 5.56 Å². The van der Waals surface area contributed by atoms with Gasteiger partial charge in [0.15, 0.2) is 5.78 Å². The Labute approximate surface area is 188 Å². The molecular formula is C29H24O3. The fraction of sp³-hybridized carbons (Fsp3) is 0.172. The molecule has 32 heavy (non-hydrogen) atoms. The highest BCUT2D eigenvalue weighted by Crippen LogP contribution is 2.53. The van der Waals surface area contributed by atoms with Crippen LogP contribution in [0.15, 0.2) is 96.6 Å². The second-order valence-electron chi connectivity index (χ2n) is 8.26. The highest BCUT2D eigenvalue weighted by molar-refractivity contribution is 6.15. The Hall–Kier alpha value is -3.72. The van der Waals surface area contributed by atoms with E-state index in [4.69, 9.17) is 4.74 Å². The Kier molecular flexibility index (Phi) is 5.10. The summed E-state index contributed by atoms with van der Waals surface area (Å²) in [4.78, 5) is 27.1. The van der Waals surface area contributed by atoms with Gasteiger partial charge in [-0.05, 0) is 53.2 Å². The molecule has 0 radical (unpaired) electrons. The quantitative estimate of drug-likeness (QED) is 0.284. The number of rotatable bonds is 5. The van der Waals surface area contributed by atoms with Gasteiger partial charge in [-0.25, -0.2) is 0 Å². The molecule has 3 aromatic rings. The van der Waals surface area contributed by atoms with Crippen molar-refractivity contribution in [3.8, 4) is 0 Å². The summed E-state index contributed by atoms with van der Waals surface area (Å²) in [5.41, 5.74) is 5.93. The SMILES string of the molecule is CCOC(=O)C1(C(=O)c2ccccc2)CC=C2C(=C(c3ccccc3)c3ccccc32)C1. The molecule has 0 aromatic heterocycles. The Morgan fingerprint density at radius 2 is 1.47 bits per heavy atom. The van der Waals surface area contributed by atoms with Gasteiger partial charge in [-0.1, -0.05) is 91.0 Å². The molecule has 0 heterocycles. The van der Waals surface area contributed by atoms with Crippen LogP contribution < -0.4 is 0 Å². The van der Waals surface area contributed by atoms with E-state index in [0.29, 0.717) is 18.4 Å². The maximum absolute atomic E-state index is 13.8. The summed E-state index contributed by atoms with van der Waals surface area (Å²) in [6, 6.07) is 27.6. The van der Waals surface area contributed by atoms with E-state index in [2.05, 4.69) is 30.3 Å². The van der Waals surface area contributed by atoms with Crippen LogP contribution in [0.3, 0.4) is 0 Å². The maximum Gasteiger partial charge on any atom is 0.320 e. The predicted octanol–water partition coefficient (Wildman–Crippen LogP) is 6.11. The molecule has 0 N–H and O–H groups in total. The summed E-state index contributed by atoms with van der Waals surface area (Å²) in [5, 5.41) is 0. The topological polar surface area (TPSA) is 43.4 Å². The molecule has 1 atom stereocenters. The van der Waals surface area contributed by atoms with Gasteiger partial charge in [0.25, 0.3) is 0 Å². The Morgan fingerprint density at radius 1 is 0.844 bits per heavy atom. The van der Waals surface area contributed by atoms with Gasteiger partial charge in [0.2, 0.25) is 0 Å². The van der Waals surface area contributed by atoms with Crippen molar-refractivity contribution >= 4 is 22.9 Å². The molecule has 0 fully saturated rings. The van der Waals surface area contributed by atoms with E-state index < -0.39 is 11.4 Å². The minimum absolute atomic E-state index is 0.178. The normalized spacial score (nSPS) is 19.1. The van der Waals surface area contributed by atoms with Crippen molar-refractivity contribution in [2.24, 2.45) is 5.41 Å². The van der Waals surface area contributed by atoms with E-state index in [-0.39, 0.29) is 12.4 Å². The minimum atomic E-state index is -1.27. The van der Waals surface area contributed by atoms with Crippen molar-refractivity contribution in [3.05, 3.63) is 119 Å². The van der Waals surface area contributed by atoms with Gasteiger partial charge in [-0.3, -0.25) is 9.59 Å². The van der Waals surface area contributed by atoms with E-state index in [1.807, 2.05) is 48.5 Å². The molecule has 0 spiro atoms. The molecule has 3 heteroatoms. The van der Waals surface area contributed by atoms with E-state index >= 15 is 0 Å². The number of esters is 1. The van der Waals surface area contributed by atoms with Crippen LogP contribution in [-0.4, -0.2) is 18.4 Å². The third-order valence-corrected chi connectivity index (χ3v) is 6.45. The molecule has 0 aliphatic heterocycles. The number of fused-ring (bicyclic) bond motifs is 3. The number of allylic oxidation sites excluding steroid dienone is 3. The molecule has 3 nitrogen and oxygen atoms in total. The van der Waals surface area contributed by atoms with Crippen LogP contribution in [0.5, 0.6) is 0 Å². The smallest absolute Gasteiger partial charge is 0.320 e. The highest BCUT2D eigenvalue weighted by atomic mass is 16.5. The van der Waals surface area contributed by atoms with Crippen molar-refractivity contribution in [1.29, 1.82) is 0 Å². The summed E-state index contributed by atoms with van der Waals surface area (Å²) in [6.07, 6.45) is 2.71. The molecule has 2 aliphatic rings. The molecule has 0 bridgehead atoms. The van der Waals surface area contributed by atoms with Gasteiger partial charge in [0.1, 0.15) is 5.41 Å². The molecule has 0 saturated heterocycles. The molecule has 158 valence electrons. The van der Waals surface area contributed by atoms with E-state index in [9.17, 15) is 9.59 Å². The van der Waals surface area contributed by atoms with Crippen LogP contribution in [0.25, 0.3) is 11.1 Å². The van der Waals surface area contributed by atoms with Crippen LogP contribution in [0.2, 0.25) is 0 Å². The first kappa shape index (κ1) is 20.2. The third kappa shape index (κ3) is 3.13. The number of hydrogen-bond donors (Lipinski definition) is 0. The number of carbonyl (C=O) groups excluding carboxylic acids is 2. The number of Topliss-reactive ketones (excluding diaryl/α,β-unsaturated/α-hetero) is 1. The zero-order chi connectivity index (χ0) is 22.1. The Bertz CT molecular complexity index is 1250. The van der Waals surface area contributed by atoms with Crippen LogP contribution in [0.4, 0.5) is 0 Å². The average Bonchev–Trinajstić information content (AvgIpc) is 3.18. The van der Waals surface area contributed by atoms with E-state index in [1.54, 1.807) is 19.1 Å². The third-order valence-electron chi connectivity index (χ3n) is 6.45. The van der Waals surface area contributed by atoms with Crippen molar-refractivity contribution in [2.45, 2.75) is 19.8 Å². The average molecular weight is 421 g/mol. The zero-order valence-electron chi connectivity index (χ0n) is 18.0. The monoisotopic (exact) mass is 420 g/mol. The lowest BCUT2D eigenvalue weighted by Gasteiger charge is -2.34. The molecule has 5 rings (SSSR count). The lowest BCUT2D eigenvalue weighted by Crippen LogP contribution is -2.42. The minimum Gasteiger partial charge on any atom is -0.465 e. The van der Waals surface area contributed by atoms with Crippen molar-refractivity contribution in [3.63, 3.8) is 0 Å². The molecule has 3 aromatic carbocycles.